The van der Waals surface area contributed by atoms with Crippen molar-refractivity contribution in [2.45, 2.75) is 32.5 Å². The fourth-order valence-electron chi connectivity index (χ4n) is 4.04. The average molecular weight is 495 g/mol. The molecule has 4 aromatic rings. The minimum atomic E-state index is -0.501. The maximum atomic E-state index is 13.2. The number of ether oxygens (including phenoxy) is 2. The molecule has 0 aliphatic carbocycles. The number of nitrogens with zero attached hydrogens (tertiary/aromatic N) is 2. The highest BCUT2D eigenvalue weighted by Crippen LogP contribution is 2.28. The predicted octanol–water partition coefficient (Wildman–Crippen LogP) is 8.10. The van der Waals surface area contributed by atoms with E-state index >= 15 is 0 Å². The summed E-state index contributed by atoms with van der Waals surface area (Å²) in [5.74, 6) is 0. The number of amides is 2. The summed E-state index contributed by atoms with van der Waals surface area (Å²) in [7, 11) is 0. The lowest BCUT2D eigenvalue weighted by Crippen LogP contribution is -2.33. The monoisotopic (exact) mass is 494 g/mol. The summed E-state index contributed by atoms with van der Waals surface area (Å²) in [6, 6.07) is 37.4. The van der Waals surface area contributed by atoms with Crippen LogP contribution in [0.1, 0.15) is 20.3 Å². The second kappa shape index (κ2) is 12.4. The van der Waals surface area contributed by atoms with E-state index in [0.29, 0.717) is 29.2 Å². The van der Waals surface area contributed by atoms with Crippen molar-refractivity contribution in [2.75, 3.05) is 9.80 Å². The van der Waals surface area contributed by atoms with E-state index in [1.165, 1.54) is 9.80 Å². The molecule has 0 radical (unpaired) electrons. The second-order valence-corrected chi connectivity index (χ2v) is 8.64. The molecule has 2 unspecified atom stereocenters. The average Bonchev–Trinajstić information content (AvgIpc) is 2.91. The van der Waals surface area contributed by atoms with Crippen molar-refractivity contribution in [1.82, 2.24) is 0 Å². The smallest absolute Gasteiger partial charge is 0.419 e. The minimum absolute atomic E-state index is 0.340. The van der Waals surface area contributed by atoms with Crippen LogP contribution in [0.3, 0.4) is 0 Å². The molecule has 2 atom stereocenters. The molecule has 4 aromatic carbocycles. The Morgan fingerprint density at radius 3 is 1.00 bits per heavy atom. The topological polar surface area (TPSA) is 59.1 Å². The van der Waals surface area contributed by atoms with Crippen molar-refractivity contribution in [1.29, 1.82) is 0 Å². The van der Waals surface area contributed by atoms with Crippen LogP contribution in [-0.4, -0.2) is 24.4 Å². The van der Waals surface area contributed by atoms with Gasteiger partial charge in [0, 0.05) is 6.42 Å². The molecule has 4 rings (SSSR count). The van der Waals surface area contributed by atoms with Crippen LogP contribution in [0.4, 0.5) is 32.3 Å². The number of rotatable bonds is 8. The fourth-order valence-corrected chi connectivity index (χ4v) is 4.04. The van der Waals surface area contributed by atoms with Gasteiger partial charge in [0.1, 0.15) is 12.2 Å². The van der Waals surface area contributed by atoms with Crippen molar-refractivity contribution in [3.8, 4) is 0 Å². The number of carbonyl (C=O) groups is 2. The van der Waals surface area contributed by atoms with Crippen LogP contribution in [0.5, 0.6) is 0 Å². The van der Waals surface area contributed by atoms with Gasteiger partial charge in [0.2, 0.25) is 0 Å². The fraction of sp³-hybridized carbons (Fsp3) is 0.161. The molecular formula is C31H30N2O4. The molecule has 0 N–H and O–H groups in total. The lowest BCUT2D eigenvalue weighted by molar-refractivity contribution is 0.0603. The Bertz CT molecular complexity index is 1090. The third kappa shape index (κ3) is 6.76. The molecule has 0 heterocycles. The van der Waals surface area contributed by atoms with E-state index in [1.807, 2.05) is 121 Å². The molecule has 188 valence electrons. The zero-order chi connectivity index (χ0) is 26.0. The highest BCUT2D eigenvalue weighted by Gasteiger charge is 2.25. The van der Waals surface area contributed by atoms with Crippen molar-refractivity contribution in [3.63, 3.8) is 0 Å². The minimum Gasteiger partial charge on any atom is -0.446 e. The molecule has 37 heavy (non-hydrogen) atoms. The molecule has 6 heteroatoms. The molecule has 0 saturated carbocycles. The third-order valence-corrected chi connectivity index (χ3v) is 5.69. The first kappa shape index (κ1) is 25.5. The summed E-state index contributed by atoms with van der Waals surface area (Å²) >= 11 is 0. The van der Waals surface area contributed by atoms with Gasteiger partial charge in [-0.3, -0.25) is 0 Å². The first-order valence-corrected chi connectivity index (χ1v) is 12.2. The van der Waals surface area contributed by atoms with Crippen LogP contribution < -0.4 is 9.80 Å². The van der Waals surface area contributed by atoms with E-state index in [9.17, 15) is 9.59 Å². The Labute approximate surface area is 217 Å². The summed E-state index contributed by atoms with van der Waals surface area (Å²) in [4.78, 5) is 29.5. The molecule has 0 aromatic heterocycles. The molecule has 6 nitrogen and oxygen atoms in total. The van der Waals surface area contributed by atoms with E-state index in [2.05, 4.69) is 0 Å². The molecule has 0 aliphatic rings. The van der Waals surface area contributed by atoms with Crippen LogP contribution in [0.15, 0.2) is 121 Å². The number of hydrogen-bond donors (Lipinski definition) is 0. The molecular weight excluding hydrogens is 464 g/mol. The van der Waals surface area contributed by atoms with Gasteiger partial charge in [-0.05, 0) is 62.4 Å². The summed E-state index contributed by atoms with van der Waals surface area (Å²) in [6.07, 6.45) is -1.65. The maximum Gasteiger partial charge on any atom is 0.419 e. The van der Waals surface area contributed by atoms with Crippen molar-refractivity contribution >= 4 is 34.9 Å². The molecule has 2 amide bonds. The van der Waals surface area contributed by atoms with Gasteiger partial charge in [-0.25, -0.2) is 19.4 Å². The van der Waals surface area contributed by atoms with E-state index < -0.39 is 24.4 Å². The lowest BCUT2D eigenvalue weighted by atomic mass is 10.2. The lowest BCUT2D eigenvalue weighted by Gasteiger charge is -2.27. The largest absolute Gasteiger partial charge is 0.446 e. The number of benzene rings is 4. The van der Waals surface area contributed by atoms with Crippen molar-refractivity contribution < 1.29 is 19.1 Å². The summed E-state index contributed by atoms with van der Waals surface area (Å²) in [5, 5.41) is 0. The first-order chi connectivity index (χ1) is 18.0. The zero-order valence-corrected chi connectivity index (χ0v) is 20.9. The quantitative estimate of drug-likeness (QED) is 0.248. The van der Waals surface area contributed by atoms with Crippen molar-refractivity contribution in [2.24, 2.45) is 0 Å². The Kier molecular flexibility index (Phi) is 8.55. The Hall–Kier alpha value is -4.58. The van der Waals surface area contributed by atoms with Gasteiger partial charge in [0.25, 0.3) is 0 Å². The predicted molar refractivity (Wildman–Crippen MR) is 147 cm³/mol. The molecule has 0 aliphatic heterocycles. The summed E-state index contributed by atoms with van der Waals surface area (Å²) in [5.41, 5.74) is 2.80. The van der Waals surface area contributed by atoms with Gasteiger partial charge < -0.3 is 9.47 Å². The first-order valence-electron chi connectivity index (χ1n) is 12.2. The second-order valence-electron chi connectivity index (χ2n) is 8.64. The van der Waals surface area contributed by atoms with Gasteiger partial charge in [0.15, 0.2) is 0 Å². The molecule has 0 spiro atoms. The van der Waals surface area contributed by atoms with E-state index in [4.69, 9.17) is 9.47 Å². The standard InChI is InChI=1S/C31H30N2O4/c1-24(36-30(34)32(26-15-7-3-8-16-26)27-17-9-4-10-18-27)23-25(2)37-31(35)33(28-19-11-5-12-20-28)29-21-13-6-14-22-29/h3-22,24-25H,23H2,1-2H3. The SMILES string of the molecule is CC(CC(C)OC(=O)N(c1ccccc1)c1ccccc1)OC(=O)N(c1ccccc1)c1ccccc1. The van der Waals surface area contributed by atoms with Crippen LogP contribution in [0.25, 0.3) is 0 Å². The Balaban J connectivity index is 1.42. The van der Waals surface area contributed by atoms with Crippen LogP contribution in [-0.2, 0) is 9.47 Å². The summed E-state index contributed by atoms with van der Waals surface area (Å²) < 4.78 is 11.6. The van der Waals surface area contributed by atoms with Gasteiger partial charge in [-0.15, -0.1) is 0 Å². The van der Waals surface area contributed by atoms with Crippen LogP contribution in [0.2, 0.25) is 0 Å². The highest BCUT2D eigenvalue weighted by molar-refractivity contribution is 5.96. The molecule has 0 bridgehead atoms. The summed E-state index contributed by atoms with van der Waals surface area (Å²) in [6.45, 7) is 3.59. The van der Waals surface area contributed by atoms with E-state index in [0.717, 1.165) is 0 Å². The van der Waals surface area contributed by atoms with Crippen LogP contribution in [0, 0.1) is 0 Å². The molecule has 0 fully saturated rings. The Morgan fingerprint density at radius 2 is 0.757 bits per heavy atom. The van der Waals surface area contributed by atoms with Gasteiger partial charge in [-0.2, -0.15) is 0 Å². The number of anilines is 4. The number of carbonyl (C=O) groups excluding carboxylic acids is 2. The molecule has 0 saturated heterocycles. The third-order valence-electron chi connectivity index (χ3n) is 5.69. The Morgan fingerprint density at radius 1 is 0.514 bits per heavy atom. The van der Waals surface area contributed by atoms with Gasteiger partial charge >= 0.3 is 12.2 Å². The van der Waals surface area contributed by atoms with Crippen molar-refractivity contribution in [3.05, 3.63) is 121 Å². The maximum absolute atomic E-state index is 13.2. The number of hydrogen-bond acceptors (Lipinski definition) is 4. The number of para-hydroxylation sites is 4. The zero-order valence-electron chi connectivity index (χ0n) is 20.9. The normalized spacial score (nSPS) is 12.2. The van der Waals surface area contributed by atoms with Gasteiger partial charge in [-0.1, -0.05) is 72.8 Å². The van der Waals surface area contributed by atoms with E-state index in [-0.39, 0.29) is 0 Å². The van der Waals surface area contributed by atoms with Crippen LogP contribution >= 0.6 is 0 Å². The van der Waals surface area contributed by atoms with Gasteiger partial charge in [0.05, 0.1) is 22.7 Å². The highest BCUT2D eigenvalue weighted by atomic mass is 16.6. The van der Waals surface area contributed by atoms with E-state index in [1.54, 1.807) is 13.8 Å².